The fraction of sp³-hybridized carbons (Fsp3) is 0.615. The average Bonchev–Trinajstić information content (AvgIpc) is 3.10. The van der Waals surface area contributed by atoms with Crippen LogP contribution in [0.2, 0.25) is 0 Å². The first-order valence-corrected chi connectivity index (χ1v) is 13.8. The molecule has 3 fully saturated rings. The van der Waals surface area contributed by atoms with Gasteiger partial charge in [0.1, 0.15) is 17.4 Å². The molecule has 1 aromatic carbocycles. The van der Waals surface area contributed by atoms with E-state index in [1.807, 2.05) is 6.08 Å². The van der Waals surface area contributed by atoms with Crippen LogP contribution in [-0.4, -0.2) is 31.4 Å². The van der Waals surface area contributed by atoms with E-state index in [2.05, 4.69) is 13.8 Å². The molecule has 0 heterocycles. The van der Waals surface area contributed by atoms with Crippen molar-refractivity contribution in [1.82, 2.24) is 0 Å². The van der Waals surface area contributed by atoms with E-state index in [-0.39, 0.29) is 33.5 Å². The summed E-state index contributed by atoms with van der Waals surface area (Å²) in [6, 6.07) is 3.41. The first-order chi connectivity index (χ1) is 16.0. The summed E-state index contributed by atoms with van der Waals surface area (Å²) < 4.78 is 29.4. The summed E-state index contributed by atoms with van der Waals surface area (Å²) in [7, 11) is -4.01. The van der Waals surface area contributed by atoms with Gasteiger partial charge in [0.25, 0.3) is 0 Å². The smallest absolute Gasteiger partial charge is 0.342 e. The summed E-state index contributed by atoms with van der Waals surface area (Å²) in [4.78, 5) is 24.8. The molecule has 3 unspecified atom stereocenters. The van der Waals surface area contributed by atoms with Gasteiger partial charge in [0.05, 0.1) is 4.90 Å². The molecule has 0 aromatic heterocycles. The summed E-state index contributed by atoms with van der Waals surface area (Å²) >= 11 is 0. The normalized spacial score (nSPS) is 37.3. The van der Waals surface area contributed by atoms with Crippen molar-refractivity contribution < 1.29 is 27.9 Å². The SMILES string of the molecule is C[C@H]1CC2C(CC[C@@]3(C)C2CC[C@@H]3OC(=O)c2cc(S(N)(=O)=O)ccc2O)[C@H]2CCC(=O)C=C12. The van der Waals surface area contributed by atoms with Crippen molar-refractivity contribution in [3.8, 4) is 5.75 Å². The molecule has 3 saturated carbocycles. The molecule has 7 atom stereocenters. The number of phenols is 1. The maximum absolute atomic E-state index is 13.0. The molecule has 8 heteroatoms. The van der Waals surface area contributed by atoms with Crippen molar-refractivity contribution in [2.24, 2.45) is 40.1 Å². The first kappa shape index (κ1) is 23.5. The number of fused-ring (bicyclic) bond motifs is 5. The van der Waals surface area contributed by atoms with Gasteiger partial charge in [0.15, 0.2) is 5.78 Å². The number of esters is 1. The molecular formula is C26H33NO6S. The number of carbonyl (C=O) groups excluding carboxylic acids is 2. The van der Waals surface area contributed by atoms with Crippen molar-refractivity contribution in [3.63, 3.8) is 0 Å². The number of nitrogens with two attached hydrogens (primary N) is 1. The Labute approximate surface area is 200 Å². The fourth-order valence-corrected chi connectivity index (χ4v) is 8.23. The van der Waals surface area contributed by atoms with Crippen LogP contribution in [0, 0.1) is 35.0 Å². The van der Waals surface area contributed by atoms with Gasteiger partial charge in [0, 0.05) is 11.8 Å². The van der Waals surface area contributed by atoms with Gasteiger partial charge in [-0.1, -0.05) is 19.4 Å². The van der Waals surface area contributed by atoms with E-state index in [1.165, 1.54) is 11.6 Å². The molecule has 0 amide bonds. The van der Waals surface area contributed by atoms with Gasteiger partial charge in [-0.05, 0) is 92.4 Å². The largest absolute Gasteiger partial charge is 0.507 e. The summed E-state index contributed by atoms with van der Waals surface area (Å²) in [5.74, 6) is 1.69. The van der Waals surface area contributed by atoms with Crippen molar-refractivity contribution >= 4 is 21.8 Å². The van der Waals surface area contributed by atoms with Gasteiger partial charge < -0.3 is 9.84 Å². The Bertz CT molecular complexity index is 1170. The molecule has 7 nitrogen and oxygen atoms in total. The molecule has 0 saturated heterocycles. The molecule has 4 aliphatic rings. The molecule has 34 heavy (non-hydrogen) atoms. The Hall–Kier alpha value is -2.19. The standard InChI is InChI=1S/C26H33NO6S/c1-14-11-20-18(17-5-3-15(28)12-19(14)17)9-10-26(2)22(20)6-8-24(26)33-25(30)21-13-16(34(27,31)32)4-7-23(21)29/h4,7,12-14,17-18,20,22,24,29H,3,5-6,8-11H2,1-2H3,(H2,27,31,32)/t14-,17+,18?,20?,22?,24-,26-/m0/s1. The van der Waals surface area contributed by atoms with E-state index in [4.69, 9.17) is 9.88 Å². The zero-order valence-corrected chi connectivity index (χ0v) is 20.5. The van der Waals surface area contributed by atoms with Crippen LogP contribution in [-0.2, 0) is 19.6 Å². The second-order valence-electron chi connectivity index (χ2n) is 11.1. The van der Waals surface area contributed by atoms with Crippen molar-refractivity contribution in [2.75, 3.05) is 0 Å². The highest BCUT2D eigenvalue weighted by Gasteiger charge is 2.58. The van der Waals surface area contributed by atoms with Gasteiger partial charge >= 0.3 is 5.97 Å². The van der Waals surface area contributed by atoms with E-state index < -0.39 is 16.0 Å². The average molecular weight is 488 g/mol. The minimum absolute atomic E-state index is 0.157. The molecule has 0 aliphatic heterocycles. The molecule has 0 bridgehead atoms. The Balaban J connectivity index is 1.37. The minimum atomic E-state index is -4.01. The molecule has 184 valence electrons. The lowest BCUT2D eigenvalue weighted by Crippen LogP contribution is -2.49. The number of phenolic OH excluding ortho intramolecular Hbond substituents is 1. The van der Waals surface area contributed by atoms with Crippen molar-refractivity contribution in [2.45, 2.75) is 69.8 Å². The monoisotopic (exact) mass is 487 g/mol. The number of ether oxygens (including phenoxy) is 1. The highest BCUT2D eigenvalue weighted by Crippen LogP contribution is 2.63. The maximum Gasteiger partial charge on any atom is 0.342 e. The van der Waals surface area contributed by atoms with Crippen molar-refractivity contribution in [1.29, 1.82) is 0 Å². The number of primary sulfonamides is 1. The lowest BCUT2D eigenvalue weighted by atomic mass is 9.50. The van der Waals surface area contributed by atoms with Gasteiger partial charge in [0.2, 0.25) is 10.0 Å². The van der Waals surface area contributed by atoms with Crippen LogP contribution in [0.4, 0.5) is 0 Å². The third-order valence-corrected chi connectivity index (χ3v) is 10.3. The Morgan fingerprint density at radius 3 is 2.68 bits per heavy atom. The molecule has 5 rings (SSSR count). The topological polar surface area (TPSA) is 124 Å². The van der Waals surface area contributed by atoms with Crippen LogP contribution < -0.4 is 5.14 Å². The van der Waals surface area contributed by atoms with Crippen LogP contribution in [0.15, 0.2) is 34.7 Å². The van der Waals surface area contributed by atoms with Crippen molar-refractivity contribution in [3.05, 3.63) is 35.4 Å². The molecule has 3 N–H and O–H groups in total. The van der Waals surface area contributed by atoms with E-state index in [1.54, 1.807) is 0 Å². The number of aromatic hydroxyl groups is 1. The Kier molecular flexibility index (Phi) is 5.67. The fourth-order valence-electron chi connectivity index (χ4n) is 7.69. The molecular weight excluding hydrogens is 454 g/mol. The van der Waals surface area contributed by atoms with Crippen LogP contribution >= 0.6 is 0 Å². The molecule has 4 aliphatic carbocycles. The second-order valence-corrected chi connectivity index (χ2v) is 12.6. The van der Waals surface area contributed by atoms with Gasteiger partial charge in [-0.25, -0.2) is 18.4 Å². The third-order valence-electron chi connectivity index (χ3n) is 9.34. The predicted molar refractivity (Wildman–Crippen MR) is 125 cm³/mol. The van der Waals surface area contributed by atoms with E-state index >= 15 is 0 Å². The quantitative estimate of drug-likeness (QED) is 0.622. The summed E-state index contributed by atoms with van der Waals surface area (Å²) in [5.41, 5.74) is 1.02. The third kappa shape index (κ3) is 3.79. The zero-order valence-electron chi connectivity index (χ0n) is 19.7. The van der Waals surface area contributed by atoms with E-state index in [0.717, 1.165) is 50.7 Å². The van der Waals surface area contributed by atoms with E-state index in [0.29, 0.717) is 36.0 Å². The van der Waals surface area contributed by atoms with Gasteiger partial charge in [-0.15, -0.1) is 0 Å². The van der Waals surface area contributed by atoms with E-state index in [9.17, 15) is 23.1 Å². The Morgan fingerprint density at radius 2 is 1.94 bits per heavy atom. The summed E-state index contributed by atoms with van der Waals surface area (Å²) in [6.45, 7) is 4.47. The van der Waals surface area contributed by atoms with Gasteiger partial charge in [-0.3, -0.25) is 4.79 Å². The maximum atomic E-state index is 13.0. The number of sulfonamides is 1. The molecule has 0 radical (unpaired) electrons. The molecule has 0 spiro atoms. The number of hydrogen-bond donors (Lipinski definition) is 2. The van der Waals surface area contributed by atoms with Crippen LogP contribution in [0.3, 0.4) is 0 Å². The molecule has 1 aromatic rings. The van der Waals surface area contributed by atoms with Crippen LogP contribution in [0.5, 0.6) is 5.75 Å². The van der Waals surface area contributed by atoms with Crippen LogP contribution in [0.1, 0.15) is 69.2 Å². The Morgan fingerprint density at radius 1 is 1.18 bits per heavy atom. The number of allylic oxidation sites excluding steroid dienone is 1. The number of ketones is 1. The minimum Gasteiger partial charge on any atom is -0.507 e. The summed E-state index contributed by atoms with van der Waals surface area (Å²) in [6.07, 6.45) is 8.05. The highest BCUT2D eigenvalue weighted by molar-refractivity contribution is 7.89. The lowest BCUT2D eigenvalue weighted by Gasteiger charge is -2.55. The number of carbonyl (C=O) groups is 2. The predicted octanol–water partition coefficient (Wildman–Crippen LogP) is 3.95. The zero-order chi connectivity index (χ0) is 24.4. The first-order valence-electron chi connectivity index (χ1n) is 12.3. The summed E-state index contributed by atoms with van der Waals surface area (Å²) in [5, 5.41) is 15.4. The number of hydrogen-bond acceptors (Lipinski definition) is 6. The number of benzene rings is 1. The van der Waals surface area contributed by atoms with Crippen LogP contribution in [0.25, 0.3) is 0 Å². The highest BCUT2D eigenvalue weighted by atomic mass is 32.2. The van der Waals surface area contributed by atoms with Gasteiger partial charge in [-0.2, -0.15) is 0 Å². The second kappa shape index (κ2) is 8.19. The number of rotatable bonds is 3. The lowest BCUT2D eigenvalue weighted by molar-refractivity contribution is -0.116.